The van der Waals surface area contributed by atoms with Crippen LogP contribution in [0.5, 0.6) is 0 Å². The topological polar surface area (TPSA) is 15.7 Å². The molecule has 0 N–H and O–H groups in total. The highest BCUT2D eigenvalue weighted by atomic mass is 28.4. The summed E-state index contributed by atoms with van der Waals surface area (Å²) in [6, 6.07) is 7.06. The van der Waals surface area contributed by atoms with Crippen molar-refractivity contribution in [2.45, 2.75) is 64.6 Å². The molecule has 3 rings (SSSR count). The van der Waals surface area contributed by atoms with Crippen LogP contribution in [0.15, 0.2) is 24.3 Å². The van der Waals surface area contributed by atoms with Gasteiger partial charge in [-0.1, -0.05) is 20.8 Å². The van der Waals surface area contributed by atoms with E-state index in [2.05, 4.69) is 81.9 Å². The van der Waals surface area contributed by atoms with Crippen LogP contribution >= 0.6 is 0 Å². The van der Waals surface area contributed by atoms with Crippen molar-refractivity contribution in [1.82, 2.24) is 4.90 Å². The van der Waals surface area contributed by atoms with Gasteiger partial charge in [0.05, 0.1) is 0 Å². The van der Waals surface area contributed by atoms with Gasteiger partial charge in [-0.25, -0.2) is 0 Å². The molecular weight excluding hydrogens is 348 g/mol. The Morgan fingerprint density at radius 3 is 2.26 bits per heavy atom. The Labute approximate surface area is 167 Å². The first kappa shape index (κ1) is 20.5. The normalized spacial score (nSPS) is 20.1. The third-order valence-electron chi connectivity index (χ3n) is 6.61. The maximum Gasteiger partial charge on any atom is 0.250 e. The average Bonchev–Trinajstić information content (AvgIpc) is 3.44. The first-order chi connectivity index (χ1) is 12.6. The van der Waals surface area contributed by atoms with E-state index >= 15 is 0 Å². The number of likely N-dealkylation sites (N-methyl/N-ethyl adjacent to an activating group) is 1. The van der Waals surface area contributed by atoms with E-state index in [1.54, 1.807) is 0 Å². The van der Waals surface area contributed by atoms with Crippen LogP contribution in [0.3, 0.4) is 0 Å². The van der Waals surface area contributed by atoms with Crippen LogP contribution in [0.4, 0.5) is 5.69 Å². The van der Waals surface area contributed by atoms with Crippen molar-refractivity contribution in [1.29, 1.82) is 0 Å². The summed E-state index contributed by atoms with van der Waals surface area (Å²) in [4.78, 5) is 5.01. The zero-order valence-corrected chi connectivity index (χ0v) is 19.4. The van der Waals surface area contributed by atoms with Crippen molar-refractivity contribution >= 4 is 19.8 Å². The van der Waals surface area contributed by atoms with Crippen molar-refractivity contribution in [3.05, 3.63) is 35.4 Å². The maximum absolute atomic E-state index is 6.67. The summed E-state index contributed by atoms with van der Waals surface area (Å²) in [5.41, 5.74) is 4.24. The lowest BCUT2D eigenvalue weighted by atomic mass is 10.0. The van der Waals surface area contributed by atoms with Crippen LogP contribution in [0.25, 0.3) is 5.76 Å². The molecule has 2 aliphatic rings. The van der Waals surface area contributed by atoms with E-state index in [1.807, 2.05) is 0 Å². The summed E-state index contributed by atoms with van der Waals surface area (Å²) in [5, 5.41) is 0.209. The molecule has 1 saturated carbocycles. The number of hydrogen-bond acceptors (Lipinski definition) is 3. The molecule has 4 heteroatoms. The molecule has 2 fully saturated rings. The van der Waals surface area contributed by atoms with Gasteiger partial charge in [0.1, 0.15) is 5.76 Å². The highest BCUT2D eigenvalue weighted by Gasteiger charge is 2.39. The molecule has 1 aliphatic carbocycles. The minimum atomic E-state index is -1.84. The van der Waals surface area contributed by atoms with Gasteiger partial charge in [-0.05, 0) is 80.7 Å². The van der Waals surface area contributed by atoms with Gasteiger partial charge in [0.25, 0.3) is 0 Å². The van der Waals surface area contributed by atoms with Crippen molar-refractivity contribution in [3.63, 3.8) is 0 Å². The Morgan fingerprint density at radius 1 is 1.11 bits per heavy atom. The van der Waals surface area contributed by atoms with Crippen molar-refractivity contribution in [2.24, 2.45) is 0 Å². The first-order valence-corrected chi connectivity index (χ1v) is 13.5. The summed E-state index contributed by atoms with van der Waals surface area (Å²) < 4.78 is 6.67. The maximum atomic E-state index is 6.67. The Kier molecular flexibility index (Phi) is 5.79. The Balaban J connectivity index is 1.87. The number of benzene rings is 1. The quantitative estimate of drug-likeness (QED) is 0.477. The Bertz CT molecular complexity index is 693. The van der Waals surface area contributed by atoms with E-state index < -0.39 is 8.32 Å². The summed E-state index contributed by atoms with van der Waals surface area (Å²) >= 11 is 0. The molecule has 1 heterocycles. The summed E-state index contributed by atoms with van der Waals surface area (Å²) in [6.45, 7) is 18.2. The lowest BCUT2D eigenvalue weighted by Gasteiger charge is -2.38. The zero-order chi connectivity index (χ0) is 19.8. The number of piperazine rings is 1. The van der Waals surface area contributed by atoms with Crippen LogP contribution < -0.4 is 4.90 Å². The number of rotatable bonds is 5. The molecule has 0 aromatic heterocycles. The summed E-state index contributed by atoms with van der Waals surface area (Å²) in [5.74, 6) is 1.80. The predicted octanol–water partition coefficient (Wildman–Crippen LogP) is 5.70. The molecule has 1 aliphatic heterocycles. The molecule has 0 spiro atoms. The molecule has 150 valence electrons. The van der Waals surface area contributed by atoms with Crippen molar-refractivity contribution in [3.8, 4) is 0 Å². The zero-order valence-electron chi connectivity index (χ0n) is 18.4. The van der Waals surface area contributed by atoms with Crippen molar-refractivity contribution in [2.75, 3.05) is 38.1 Å². The fourth-order valence-corrected chi connectivity index (χ4v) is 4.57. The molecule has 3 nitrogen and oxygen atoms in total. The fraction of sp³-hybridized carbons (Fsp3) is 0.652. The van der Waals surface area contributed by atoms with Crippen LogP contribution in [-0.4, -0.2) is 46.4 Å². The number of allylic oxidation sites excluding steroid dienone is 1. The van der Waals surface area contributed by atoms with Gasteiger partial charge in [-0.3, -0.25) is 0 Å². The number of anilines is 1. The van der Waals surface area contributed by atoms with E-state index in [0.717, 1.165) is 37.9 Å². The van der Waals surface area contributed by atoms with Gasteiger partial charge >= 0.3 is 0 Å². The number of nitrogens with zero attached hydrogens (tertiary/aromatic N) is 2. The van der Waals surface area contributed by atoms with Gasteiger partial charge < -0.3 is 14.2 Å². The van der Waals surface area contributed by atoms with Gasteiger partial charge in [0.15, 0.2) is 0 Å². The molecule has 0 atom stereocenters. The van der Waals surface area contributed by atoms with E-state index in [4.69, 9.17) is 4.43 Å². The van der Waals surface area contributed by atoms with E-state index in [1.165, 1.54) is 29.7 Å². The Hall–Kier alpha value is -1.26. The summed E-state index contributed by atoms with van der Waals surface area (Å²) in [7, 11) is 0.383. The smallest absolute Gasteiger partial charge is 0.250 e. The molecule has 1 aromatic carbocycles. The molecule has 1 aromatic rings. The Morgan fingerprint density at radius 2 is 1.74 bits per heavy atom. The van der Waals surface area contributed by atoms with E-state index in [-0.39, 0.29) is 5.04 Å². The van der Waals surface area contributed by atoms with Crippen LogP contribution in [0, 0.1) is 0 Å². The van der Waals surface area contributed by atoms with Crippen LogP contribution in [0.1, 0.15) is 57.6 Å². The van der Waals surface area contributed by atoms with E-state index in [0.29, 0.717) is 0 Å². The third kappa shape index (κ3) is 4.60. The third-order valence-corrected chi connectivity index (χ3v) is 10.9. The lowest BCUT2D eigenvalue weighted by molar-refractivity contribution is 0.312. The molecule has 0 amide bonds. The fourth-order valence-electron chi connectivity index (χ4n) is 3.48. The molecule has 0 unspecified atom stereocenters. The minimum Gasteiger partial charge on any atom is -0.543 e. The monoisotopic (exact) mass is 386 g/mol. The standard InChI is InChI=1S/C23H38N2OSi/c1-8-22(26-27(6,7)23(2,3)4)19-11-12-21(20(17-19)18-9-10-18)25-15-13-24(5)14-16-25/h8,11-12,17-18H,9-10,13-16H2,1-7H3/b22-8+. The van der Waals surface area contributed by atoms with Crippen LogP contribution in [-0.2, 0) is 4.43 Å². The van der Waals surface area contributed by atoms with Gasteiger partial charge in [0, 0.05) is 37.4 Å². The highest BCUT2D eigenvalue weighted by Crippen LogP contribution is 2.46. The molecule has 27 heavy (non-hydrogen) atoms. The minimum absolute atomic E-state index is 0.209. The molecule has 0 radical (unpaired) electrons. The molecular formula is C23H38N2OSi. The number of hydrogen-bond donors (Lipinski definition) is 0. The van der Waals surface area contributed by atoms with Gasteiger partial charge in [0.2, 0.25) is 8.32 Å². The largest absolute Gasteiger partial charge is 0.543 e. The summed E-state index contributed by atoms with van der Waals surface area (Å²) in [6.07, 6.45) is 4.82. The molecule has 1 saturated heterocycles. The lowest BCUT2D eigenvalue weighted by Crippen LogP contribution is -2.44. The van der Waals surface area contributed by atoms with Gasteiger partial charge in [-0.2, -0.15) is 0 Å². The predicted molar refractivity (Wildman–Crippen MR) is 120 cm³/mol. The highest BCUT2D eigenvalue weighted by molar-refractivity contribution is 6.74. The van der Waals surface area contributed by atoms with Crippen LogP contribution in [0.2, 0.25) is 18.1 Å². The van der Waals surface area contributed by atoms with E-state index in [9.17, 15) is 0 Å². The van der Waals surface area contributed by atoms with Crippen molar-refractivity contribution < 1.29 is 4.43 Å². The first-order valence-electron chi connectivity index (χ1n) is 10.6. The second kappa shape index (κ2) is 7.63. The molecule has 0 bridgehead atoms. The second-order valence-corrected chi connectivity index (χ2v) is 14.6. The second-order valence-electron chi connectivity index (χ2n) is 9.85. The SMILES string of the molecule is C/C=C(/O[Si](C)(C)C(C)(C)C)c1ccc(N2CCN(C)CC2)c(C2CC2)c1. The van der Waals surface area contributed by atoms with Gasteiger partial charge in [-0.15, -0.1) is 0 Å². The average molecular weight is 387 g/mol.